The van der Waals surface area contributed by atoms with Crippen LogP contribution in [0.4, 0.5) is 4.79 Å². The maximum Gasteiger partial charge on any atom is 0.505 e. The summed E-state index contributed by atoms with van der Waals surface area (Å²) in [6, 6.07) is 18.9. The predicted molar refractivity (Wildman–Crippen MR) is 87.3 cm³/mol. The van der Waals surface area contributed by atoms with Gasteiger partial charge in [0.15, 0.2) is 0 Å². The Morgan fingerprint density at radius 3 is 2.45 bits per heavy atom. The molecule has 1 N–H and O–H groups in total. The van der Waals surface area contributed by atoms with Crippen LogP contribution in [0.15, 0.2) is 54.6 Å². The molecule has 0 aromatic heterocycles. The largest absolute Gasteiger partial charge is 0.505 e. The monoisotopic (exact) mass is 298 g/mol. The van der Waals surface area contributed by atoms with Gasteiger partial charge in [0.05, 0.1) is 6.61 Å². The Bertz CT molecular complexity index is 593. The first-order valence-electron chi connectivity index (χ1n) is 7.70. The number of hydrogen-bond acceptors (Lipinski definition) is 2. The van der Waals surface area contributed by atoms with Crippen molar-refractivity contribution in [1.82, 2.24) is 0 Å². The number of aryl methyl sites for hydroxylation is 1. The molecule has 0 aliphatic rings. The highest BCUT2D eigenvalue weighted by Crippen LogP contribution is 2.31. The third-order valence-electron chi connectivity index (χ3n) is 3.88. The minimum Gasteiger partial charge on any atom is -0.450 e. The molecule has 0 saturated carbocycles. The quantitative estimate of drug-likeness (QED) is 0.587. The highest BCUT2D eigenvalue weighted by Gasteiger charge is 2.16. The molecule has 3 nitrogen and oxygen atoms in total. The molecular formula is C19H22O3. The van der Waals surface area contributed by atoms with E-state index in [4.69, 9.17) is 5.11 Å². The molecule has 1 atom stereocenters. The summed E-state index contributed by atoms with van der Waals surface area (Å²) in [6.07, 6.45) is 1.37. The second-order valence-corrected chi connectivity index (χ2v) is 5.27. The minimum atomic E-state index is -1.20. The lowest BCUT2D eigenvalue weighted by Gasteiger charge is -2.21. The van der Waals surface area contributed by atoms with Crippen LogP contribution in [-0.2, 0) is 11.2 Å². The lowest BCUT2D eigenvalue weighted by atomic mass is 9.84. The standard InChI is InChI=1S/C19H22O3/c1-2-15-9-6-7-12-17(15)18(13-8-14-22-19(20)21)16-10-4-3-5-11-16/h3-7,9-12,18H,2,8,13-14H2,1H3,(H,20,21). The first-order valence-corrected chi connectivity index (χ1v) is 7.70. The molecule has 0 amide bonds. The molecule has 0 fully saturated rings. The first kappa shape index (κ1) is 16.1. The Balaban J connectivity index is 2.20. The van der Waals surface area contributed by atoms with E-state index in [0.717, 1.165) is 12.8 Å². The molecule has 0 spiro atoms. The summed E-state index contributed by atoms with van der Waals surface area (Å²) in [4.78, 5) is 10.5. The van der Waals surface area contributed by atoms with Crippen LogP contribution in [0.2, 0.25) is 0 Å². The summed E-state index contributed by atoms with van der Waals surface area (Å²) in [5, 5.41) is 8.57. The van der Waals surface area contributed by atoms with E-state index in [9.17, 15) is 4.79 Å². The molecule has 2 rings (SSSR count). The summed E-state index contributed by atoms with van der Waals surface area (Å²) in [7, 11) is 0. The lowest BCUT2D eigenvalue weighted by Crippen LogP contribution is -2.08. The Hall–Kier alpha value is -2.29. The van der Waals surface area contributed by atoms with Gasteiger partial charge in [-0.25, -0.2) is 4.79 Å². The second kappa shape index (κ2) is 8.23. The van der Waals surface area contributed by atoms with E-state index in [0.29, 0.717) is 6.42 Å². The van der Waals surface area contributed by atoms with Crippen molar-refractivity contribution < 1.29 is 14.6 Å². The van der Waals surface area contributed by atoms with Crippen LogP contribution in [-0.4, -0.2) is 17.9 Å². The highest BCUT2D eigenvalue weighted by molar-refractivity contribution is 5.56. The maximum atomic E-state index is 10.5. The van der Waals surface area contributed by atoms with Crippen molar-refractivity contribution in [2.24, 2.45) is 0 Å². The smallest absolute Gasteiger partial charge is 0.450 e. The number of carbonyl (C=O) groups is 1. The fourth-order valence-electron chi connectivity index (χ4n) is 2.83. The Morgan fingerprint density at radius 2 is 1.77 bits per heavy atom. The second-order valence-electron chi connectivity index (χ2n) is 5.27. The maximum absolute atomic E-state index is 10.5. The molecule has 2 aromatic rings. The summed E-state index contributed by atoms with van der Waals surface area (Å²) >= 11 is 0. The van der Waals surface area contributed by atoms with Gasteiger partial charge in [-0.05, 0) is 36.0 Å². The van der Waals surface area contributed by atoms with Crippen molar-refractivity contribution in [2.45, 2.75) is 32.1 Å². The van der Waals surface area contributed by atoms with Crippen LogP contribution < -0.4 is 0 Å². The van der Waals surface area contributed by atoms with Gasteiger partial charge in [-0.15, -0.1) is 0 Å². The summed E-state index contributed by atoms with van der Waals surface area (Å²) in [6.45, 7) is 2.40. The van der Waals surface area contributed by atoms with Crippen LogP contribution in [0.1, 0.15) is 42.4 Å². The highest BCUT2D eigenvalue weighted by atomic mass is 16.7. The van der Waals surface area contributed by atoms with Gasteiger partial charge < -0.3 is 9.84 Å². The van der Waals surface area contributed by atoms with Crippen molar-refractivity contribution in [3.8, 4) is 0 Å². The average molecular weight is 298 g/mol. The van der Waals surface area contributed by atoms with E-state index < -0.39 is 6.16 Å². The van der Waals surface area contributed by atoms with E-state index in [-0.39, 0.29) is 12.5 Å². The van der Waals surface area contributed by atoms with Crippen molar-refractivity contribution in [3.63, 3.8) is 0 Å². The fourth-order valence-corrected chi connectivity index (χ4v) is 2.83. The summed E-state index contributed by atoms with van der Waals surface area (Å²) < 4.78 is 4.64. The molecule has 1 unspecified atom stereocenters. The third kappa shape index (κ3) is 4.35. The van der Waals surface area contributed by atoms with Gasteiger partial charge in [0, 0.05) is 5.92 Å². The number of carboxylic acid groups (broad SMARTS) is 1. The zero-order valence-electron chi connectivity index (χ0n) is 12.9. The van der Waals surface area contributed by atoms with E-state index in [1.54, 1.807) is 0 Å². The van der Waals surface area contributed by atoms with Gasteiger partial charge in [0.1, 0.15) is 0 Å². The molecule has 0 heterocycles. The molecule has 0 aliphatic heterocycles. The first-order chi connectivity index (χ1) is 10.7. The topological polar surface area (TPSA) is 46.5 Å². The van der Waals surface area contributed by atoms with Crippen LogP contribution in [0.25, 0.3) is 0 Å². The number of benzene rings is 2. The van der Waals surface area contributed by atoms with Crippen LogP contribution in [0, 0.1) is 0 Å². The Morgan fingerprint density at radius 1 is 1.09 bits per heavy atom. The van der Waals surface area contributed by atoms with E-state index in [1.165, 1.54) is 16.7 Å². The molecule has 116 valence electrons. The molecule has 3 heteroatoms. The Labute approximate surface area is 131 Å². The number of ether oxygens (including phenoxy) is 1. The minimum absolute atomic E-state index is 0.243. The van der Waals surface area contributed by atoms with Crippen molar-refractivity contribution in [2.75, 3.05) is 6.61 Å². The molecule has 0 radical (unpaired) electrons. The molecular weight excluding hydrogens is 276 g/mol. The zero-order chi connectivity index (χ0) is 15.8. The summed E-state index contributed by atoms with van der Waals surface area (Å²) in [5.74, 6) is 0.273. The lowest BCUT2D eigenvalue weighted by molar-refractivity contribution is 0.0898. The van der Waals surface area contributed by atoms with Gasteiger partial charge >= 0.3 is 6.16 Å². The number of hydrogen-bond donors (Lipinski definition) is 1. The molecule has 0 aliphatic carbocycles. The van der Waals surface area contributed by atoms with E-state index in [2.05, 4.69) is 48.1 Å². The van der Waals surface area contributed by atoms with Gasteiger partial charge in [0.2, 0.25) is 0 Å². The van der Waals surface area contributed by atoms with Crippen molar-refractivity contribution in [1.29, 1.82) is 0 Å². The van der Waals surface area contributed by atoms with Gasteiger partial charge in [-0.2, -0.15) is 0 Å². The van der Waals surface area contributed by atoms with E-state index >= 15 is 0 Å². The molecule has 0 bridgehead atoms. The van der Waals surface area contributed by atoms with Crippen molar-refractivity contribution >= 4 is 6.16 Å². The van der Waals surface area contributed by atoms with Crippen LogP contribution in [0.3, 0.4) is 0 Å². The van der Waals surface area contributed by atoms with Gasteiger partial charge in [0.25, 0.3) is 0 Å². The Kier molecular flexibility index (Phi) is 6.01. The van der Waals surface area contributed by atoms with Crippen LogP contribution >= 0.6 is 0 Å². The normalized spacial score (nSPS) is 11.9. The van der Waals surface area contributed by atoms with Crippen LogP contribution in [0.5, 0.6) is 0 Å². The fraction of sp³-hybridized carbons (Fsp3) is 0.316. The van der Waals surface area contributed by atoms with Gasteiger partial charge in [-0.1, -0.05) is 61.5 Å². The van der Waals surface area contributed by atoms with Gasteiger partial charge in [-0.3, -0.25) is 0 Å². The summed E-state index contributed by atoms with van der Waals surface area (Å²) in [5.41, 5.74) is 3.93. The number of rotatable bonds is 7. The SMILES string of the molecule is CCc1ccccc1C(CCCOC(=O)O)c1ccccc1. The van der Waals surface area contributed by atoms with E-state index in [1.807, 2.05) is 18.2 Å². The molecule has 2 aromatic carbocycles. The molecule has 0 saturated heterocycles. The van der Waals surface area contributed by atoms with Crippen molar-refractivity contribution in [3.05, 3.63) is 71.3 Å². The third-order valence-corrected chi connectivity index (χ3v) is 3.88. The zero-order valence-corrected chi connectivity index (χ0v) is 12.9. The molecule has 22 heavy (non-hydrogen) atoms. The predicted octanol–water partition coefficient (Wildman–Crippen LogP) is 4.86. The average Bonchev–Trinajstić information content (AvgIpc) is 2.55.